The minimum Gasteiger partial charge on any atom is -0.277 e. The van der Waals surface area contributed by atoms with Crippen LogP contribution in [0.3, 0.4) is 0 Å². The van der Waals surface area contributed by atoms with Crippen molar-refractivity contribution in [3.8, 4) is 0 Å². The van der Waals surface area contributed by atoms with Crippen LogP contribution in [0.15, 0.2) is 12.2 Å². The average molecular weight is 245 g/mol. The molecule has 1 aliphatic heterocycles. The van der Waals surface area contributed by atoms with Crippen molar-refractivity contribution < 1.29 is 9.59 Å². The van der Waals surface area contributed by atoms with E-state index in [1.165, 1.54) is 17.7 Å². The van der Waals surface area contributed by atoms with Crippen LogP contribution < -0.4 is 0 Å². The van der Waals surface area contributed by atoms with E-state index >= 15 is 0 Å². The highest BCUT2D eigenvalue weighted by Gasteiger charge is 2.73. The molecule has 18 heavy (non-hydrogen) atoms. The summed E-state index contributed by atoms with van der Waals surface area (Å²) in [5, 5.41) is 0. The Labute approximate surface area is 107 Å². The summed E-state index contributed by atoms with van der Waals surface area (Å²) in [6.45, 7) is 5.85. The van der Waals surface area contributed by atoms with E-state index in [9.17, 15) is 9.59 Å². The Kier molecular flexibility index (Phi) is 1.63. The lowest BCUT2D eigenvalue weighted by Gasteiger charge is -2.32. The van der Waals surface area contributed by atoms with Crippen molar-refractivity contribution in [1.29, 1.82) is 0 Å². The zero-order valence-corrected chi connectivity index (χ0v) is 11.1. The second kappa shape index (κ2) is 2.73. The van der Waals surface area contributed by atoms with Gasteiger partial charge in [-0.15, -0.1) is 0 Å². The summed E-state index contributed by atoms with van der Waals surface area (Å²) >= 11 is 0. The van der Waals surface area contributed by atoms with Crippen LogP contribution in [0.1, 0.15) is 33.6 Å². The maximum Gasteiger partial charge on any atom is 0.234 e. The Hall–Kier alpha value is -1.12. The Morgan fingerprint density at radius 2 is 1.50 bits per heavy atom. The van der Waals surface area contributed by atoms with Crippen LogP contribution in [-0.4, -0.2) is 22.3 Å². The van der Waals surface area contributed by atoms with Gasteiger partial charge in [-0.2, -0.15) is 0 Å². The predicted molar refractivity (Wildman–Crippen MR) is 66.4 cm³/mol. The first-order valence-electron chi connectivity index (χ1n) is 6.94. The summed E-state index contributed by atoms with van der Waals surface area (Å²) in [4.78, 5) is 26.8. The van der Waals surface area contributed by atoms with Crippen LogP contribution in [0.5, 0.6) is 0 Å². The number of hydrogen-bond acceptors (Lipinski definition) is 2. The van der Waals surface area contributed by atoms with Crippen LogP contribution in [0, 0.1) is 29.1 Å². The van der Waals surface area contributed by atoms with Gasteiger partial charge in [-0.05, 0) is 50.9 Å². The van der Waals surface area contributed by atoms with Crippen molar-refractivity contribution in [1.82, 2.24) is 4.90 Å². The first kappa shape index (κ1) is 10.8. The lowest BCUT2D eigenvalue weighted by molar-refractivity contribution is -0.146. The second-order valence-electron chi connectivity index (χ2n) is 7.40. The van der Waals surface area contributed by atoms with Gasteiger partial charge >= 0.3 is 0 Å². The number of nitrogens with zero attached hydrogens (tertiary/aromatic N) is 1. The first-order valence-corrected chi connectivity index (χ1v) is 6.94. The summed E-state index contributed by atoms with van der Waals surface area (Å²) in [5.41, 5.74) is -0.0702. The molecule has 0 unspecified atom stereocenters. The predicted octanol–water partition coefficient (Wildman–Crippen LogP) is 1.98. The van der Waals surface area contributed by atoms with Crippen molar-refractivity contribution in [2.45, 2.75) is 39.2 Å². The number of carbonyl (C=O) groups excluding carboxylic acids is 2. The molecule has 1 heterocycles. The molecule has 4 aliphatic rings. The summed E-state index contributed by atoms with van der Waals surface area (Å²) in [6.07, 6.45) is 6.85. The van der Waals surface area contributed by atoms with E-state index in [0.717, 1.165) is 0 Å². The van der Waals surface area contributed by atoms with Gasteiger partial charge in [-0.3, -0.25) is 14.5 Å². The molecule has 1 spiro atoms. The quantitative estimate of drug-likeness (QED) is 0.483. The van der Waals surface area contributed by atoms with Gasteiger partial charge in [0.1, 0.15) is 0 Å². The minimum absolute atomic E-state index is 0.0470. The van der Waals surface area contributed by atoms with E-state index < -0.39 is 0 Å². The van der Waals surface area contributed by atoms with Crippen LogP contribution >= 0.6 is 0 Å². The third-order valence-corrected chi connectivity index (χ3v) is 5.52. The van der Waals surface area contributed by atoms with E-state index in [-0.39, 0.29) is 29.2 Å². The Bertz CT molecular complexity index is 461. The van der Waals surface area contributed by atoms with Crippen molar-refractivity contribution >= 4 is 11.8 Å². The average Bonchev–Trinajstić information content (AvgIpc) is 2.83. The molecule has 0 aromatic rings. The molecule has 2 bridgehead atoms. The zero-order chi connectivity index (χ0) is 12.9. The summed E-state index contributed by atoms with van der Waals surface area (Å²) < 4.78 is 0. The molecule has 3 nitrogen and oxygen atoms in total. The maximum atomic E-state index is 12.6. The summed E-state index contributed by atoms with van der Waals surface area (Å²) in [6, 6.07) is 0. The van der Waals surface area contributed by atoms with Crippen LogP contribution in [0.25, 0.3) is 0 Å². The summed E-state index contributed by atoms with van der Waals surface area (Å²) in [5.74, 6) is 0.761. The van der Waals surface area contributed by atoms with Crippen LogP contribution in [-0.2, 0) is 9.59 Å². The van der Waals surface area contributed by atoms with E-state index in [0.29, 0.717) is 17.3 Å². The molecule has 3 fully saturated rings. The van der Waals surface area contributed by atoms with E-state index in [4.69, 9.17) is 0 Å². The third-order valence-electron chi connectivity index (χ3n) is 5.52. The van der Waals surface area contributed by atoms with Crippen LogP contribution in [0.4, 0.5) is 0 Å². The topological polar surface area (TPSA) is 37.4 Å². The Morgan fingerprint density at radius 1 is 1.06 bits per heavy atom. The van der Waals surface area contributed by atoms with Crippen molar-refractivity contribution in [2.75, 3.05) is 0 Å². The van der Waals surface area contributed by atoms with Gasteiger partial charge in [0.05, 0.1) is 11.8 Å². The van der Waals surface area contributed by atoms with Crippen molar-refractivity contribution in [3.63, 3.8) is 0 Å². The number of amides is 2. The molecule has 0 aromatic heterocycles. The maximum absolute atomic E-state index is 12.6. The van der Waals surface area contributed by atoms with Gasteiger partial charge in [0.2, 0.25) is 11.8 Å². The molecule has 0 aromatic carbocycles. The highest BCUT2D eigenvalue weighted by atomic mass is 16.2. The van der Waals surface area contributed by atoms with E-state index in [2.05, 4.69) is 12.2 Å². The standard InChI is InChI=1S/C15H19NO2/c1-14(2,3)16-12(17)10-8-4-5-9(11(10)13(16)18)15(8)6-7-15/h4-5,8-11H,6-7H2,1-3H3/t8-,9-,10+,11+/m1/s1. The largest absolute Gasteiger partial charge is 0.277 e. The minimum atomic E-state index is -0.380. The molecule has 0 N–H and O–H groups in total. The number of imide groups is 1. The highest BCUT2D eigenvalue weighted by molar-refractivity contribution is 6.07. The molecule has 3 heteroatoms. The fourth-order valence-electron chi connectivity index (χ4n) is 4.74. The third kappa shape index (κ3) is 0.952. The van der Waals surface area contributed by atoms with Crippen molar-refractivity contribution in [2.24, 2.45) is 29.1 Å². The van der Waals surface area contributed by atoms with E-state index in [1.54, 1.807) is 0 Å². The lowest BCUT2D eigenvalue weighted by Crippen LogP contribution is -2.47. The smallest absolute Gasteiger partial charge is 0.234 e. The zero-order valence-electron chi connectivity index (χ0n) is 11.1. The number of rotatable bonds is 0. The number of likely N-dealkylation sites (tertiary alicyclic amines) is 1. The number of carbonyl (C=O) groups is 2. The molecular formula is C15H19NO2. The van der Waals surface area contributed by atoms with Gasteiger partial charge in [0, 0.05) is 5.54 Å². The molecule has 0 radical (unpaired) electrons. The van der Waals surface area contributed by atoms with Crippen LogP contribution in [0.2, 0.25) is 0 Å². The fraction of sp³-hybridized carbons (Fsp3) is 0.733. The SMILES string of the molecule is CC(C)(C)N1C(=O)[C@@H]2[C@@H](C1=O)[C@H]1C=C[C@H]2C12CC2. The normalized spacial score (nSPS) is 43.2. The molecular weight excluding hydrogens is 226 g/mol. The Balaban J connectivity index is 1.79. The molecule has 4 atom stereocenters. The monoisotopic (exact) mass is 245 g/mol. The van der Waals surface area contributed by atoms with Gasteiger partial charge in [-0.25, -0.2) is 0 Å². The molecule has 2 saturated carbocycles. The van der Waals surface area contributed by atoms with Crippen molar-refractivity contribution in [3.05, 3.63) is 12.2 Å². The molecule has 4 rings (SSSR count). The fourth-order valence-corrected chi connectivity index (χ4v) is 4.74. The van der Waals surface area contributed by atoms with Gasteiger partial charge in [0.15, 0.2) is 0 Å². The van der Waals surface area contributed by atoms with Gasteiger partial charge in [0.25, 0.3) is 0 Å². The van der Waals surface area contributed by atoms with E-state index in [1.807, 2.05) is 20.8 Å². The summed E-state index contributed by atoms with van der Waals surface area (Å²) in [7, 11) is 0. The van der Waals surface area contributed by atoms with Gasteiger partial charge in [-0.1, -0.05) is 12.2 Å². The van der Waals surface area contributed by atoms with Gasteiger partial charge < -0.3 is 0 Å². The molecule has 3 aliphatic carbocycles. The highest BCUT2D eigenvalue weighted by Crippen LogP contribution is 2.73. The first-order chi connectivity index (χ1) is 8.38. The number of allylic oxidation sites excluding steroid dienone is 2. The number of hydrogen-bond donors (Lipinski definition) is 0. The lowest BCUT2D eigenvalue weighted by atomic mass is 9.85. The molecule has 2 amide bonds. The Morgan fingerprint density at radius 3 is 1.83 bits per heavy atom. The second-order valence-corrected chi connectivity index (χ2v) is 7.40. The molecule has 96 valence electrons. The molecule has 1 saturated heterocycles. The number of fused-ring (bicyclic) bond motifs is 3.